The maximum Gasteiger partial charge on any atom is 0.0966 e. The first-order valence-electron chi connectivity index (χ1n) is 6.93. The molecule has 2 aromatic carbocycles. The fraction of sp³-hybridized carbons (Fsp3) is 0.0526. The first-order chi connectivity index (χ1) is 10.3. The Bertz CT molecular complexity index is 818. The van der Waals surface area contributed by atoms with Crippen molar-refractivity contribution in [2.24, 2.45) is 4.99 Å². The molecular weight excluding hydrogens is 256 g/mol. The van der Waals surface area contributed by atoms with Gasteiger partial charge in [0.1, 0.15) is 0 Å². The fourth-order valence-electron chi connectivity index (χ4n) is 2.54. The smallest absolute Gasteiger partial charge is 0.0966 e. The Hall–Kier alpha value is -2.74. The second-order valence-electron chi connectivity index (χ2n) is 4.72. The average molecular weight is 272 g/mol. The van der Waals surface area contributed by atoms with Crippen LogP contribution in [0.1, 0.15) is 12.5 Å². The molecule has 0 aliphatic rings. The fourth-order valence-corrected chi connectivity index (χ4v) is 2.54. The predicted octanol–water partition coefficient (Wildman–Crippen LogP) is 5.27. The van der Waals surface area contributed by atoms with E-state index in [9.17, 15) is 0 Å². The van der Waals surface area contributed by atoms with Gasteiger partial charge in [0, 0.05) is 23.4 Å². The molecule has 0 aliphatic carbocycles. The topological polar surface area (TPSA) is 25.2 Å². The monoisotopic (exact) mass is 272 g/mol. The molecule has 0 unspecified atom stereocenters. The number of aromatic nitrogens is 1. The van der Waals surface area contributed by atoms with Gasteiger partial charge in [-0.15, -0.1) is 0 Å². The summed E-state index contributed by atoms with van der Waals surface area (Å²) in [4.78, 5) is 9.01. The van der Waals surface area contributed by atoms with E-state index >= 15 is 0 Å². The average Bonchev–Trinajstić information content (AvgIpc) is 2.55. The van der Waals surface area contributed by atoms with Gasteiger partial charge < -0.3 is 0 Å². The van der Waals surface area contributed by atoms with E-state index in [1.807, 2.05) is 37.3 Å². The summed E-state index contributed by atoms with van der Waals surface area (Å²) in [7, 11) is 0. The summed E-state index contributed by atoms with van der Waals surface area (Å²) in [5.74, 6) is 0. The van der Waals surface area contributed by atoms with Gasteiger partial charge in [-0.2, -0.15) is 0 Å². The highest BCUT2D eigenvalue weighted by Gasteiger charge is 2.12. The molecular formula is C19H16N2. The number of fused-ring (bicyclic) bond motifs is 1. The van der Waals surface area contributed by atoms with E-state index < -0.39 is 0 Å². The number of hydrogen-bond acceptors (Lipinski definition) is 2. The van der Waals surface area contributed by atoms with E-state index in [4.69, 9.17) is 0 Å². The van der Waals surface area contributed by atoms with Gasteiger partial charge in [0.2, 0.25) is 0 Å². The Morgan fingerprint density at radius 2 is 1.90 bits per heavy atom. The second kappa shape index (κ2) is 5.71. The van der Waals surface area contributed by atoms with Crippen LogP contribution in [0.25, 0.3) is 28.1 Å². The van der Waals surface area contributed by atoms with Crippen LogP contribution in [0.5, 0.6) is 0 Å². The van der Waals surface area contributed by atoms with Crippen LogP contribution in [0.4, 0.5) is 5.69 Å². The molecule has 0 N–H and O–H groups in total. The van der Waals surface area contributed by atoms with Crippen LogP contribution in [0.15, 0.2) is 66.3 Å². The molecule has 1 aromatic heterocycles. The van der Waals surface area contributed by atoms with Gasteiger partial charge in [0.05, 0.1) is 11.2 Å². The van der Waals surface area contributed by atoms with E-state index in [1.165, 1.54) is 0 Å². The summed E-state index contributed by atoms with van der Waals surface area (Å²) in [5, 5.41) is 1.09. The largest absolute Gasteiger partial charge is 0.259 e. The maximum absolute atomic E-state index is 4.53. The summed E-state index contributed by atoms with van der Waals surface area (Å²) < 4.78 is 0. The molecule has 3 rings (SSSR count). The van der Waals surface area contributed by atoms with Crippen molar-refractivity contribution >= 4 is 28.9 Å². The van der Waals surface area contributed by atoms with Crippen molar-refractivity contribution in [1.29, 1.82) is 0 Å². The summed E-state index contributed by atoms with van der Waals surface area (Å²) in [6, 6.07) is 16.5. The molecule has 0 amide bonds. The number of rotatable bonds is 3. The molecule has 0 saturated heterocycles. The van der Waals surface area contributed by atoms with E-state index in [0.717, 1.165) is 33.3 Å². The number of pyridine rings is 1. The van der Waals surface area contributed by atoms with Gasteiger partial charge in [-0.05, 0) is 30.2 Å². The molecule has 0 spiro atoms. The summed E-state index contributed by atoms with van der Waals surface area (Å²) >= 11 is 0. The third-order valence-corrected chi connectivity index (χ3v) is 3.46. The van der Waals surface area contributed by atoms with Crippen LogP contribution in [0, 0.1) is 0 Å². The minimum Gasteiger partial charge on any atom is -0.259 e. The lowest BCUT2D eigenvalue weighted by molar-refractivity contribution is 1.39. The van der Waals surface area contributed by atoms with Crippen molar-refractivity contribution in [1.82, 2.24) is 4.98 Å². The van der Waals surface area contributed by atoms with Crippen molar-refractivity contribution in [2.75, 3.05) is 0 Å². The van der Waals surface area contributed by atoms with Crippen molar-refractivity contribution in [3.8, 4) is 11.1 Å². The van der Waals surface area contributed by atoms with Gasteiger partial charge in [-0.1, -0.05) is 49.1 Å². The Balaban J connectivity index is 2.42. The zero-order chi connectivity index (χ0) is 14.7. The molecule has 102 valence electrons. The van der Waals surface area contributed by atoms with Gasteiger partial charge in [-0.25, -0.2) is 0 Å². The van der Waals surface area contributed by atoms with Crippen molar-refractivity contribution in [3.05, 3.63) is 66.9 Å². The normalized spacial score (nSPS) is 11.1. The maximum atomic E-state index is 4.53. The van der Waals surface area contributed by atoms with Crippen LogP contribution >= 0.6 is 0 Å². The summed E-state index contributed by atoms with van der Waals surface area (Å²) in [6.45, 7) is 5.88. The summed E-state index contributed by atoms with van der Waals surface area (Å²) in [5.41, 5.74) is 5.09. The quantitative estimate of drug-likeness (QED) is 0.596. The number of aliphatic imine (C=N–C) groups is 1. The zero-order valence-electron chi connectivity index (χ0n) is 12.0. The van der Waals surface area contributed by atoms with E-state index in [2.05, 4.69) is 40.8 Å². The molecule has 0 atom stereocenters. The van der Waals surface area contributed by atoms with Crippen molar-refractivity contribution in [2.45, 2.75) is 6.92 Å². The molecule has 0 bridgehead atoms. The van der Waals surface area contributed by atoms with Gasteiger partial charge >= 0.3 is 0 Å². The molecule has 21 heavy (non-hydrogen) atoms. The minimum atomic E-state index is 0.879. The number of hydrogen-bond donors (Lipinski definition) is 0. The number of benzene rings is 2. The summed E-state index contributed by atoms with van der Waals surface area (Å²) in [6.07, 6.45) is 5.45. The lowest BCUT2D eigenvalue weighted by Gasteiger charge is -2.12. The van der Waals surface area contributed by atoms with E-state index in [0.29, 0.717) is 0 Å². The third kappa shape index (κ3) is 2.36. The van der Waals surface area contributed by atoms with Gasteiger partial charge in [0.25, 0.3) is 0 Å². The number of nitrogens with zero attached hydrogens (tertiary/aromatic N) is 2. The molecule has 2 heteroatoms. The SMILES string of the molecule is C=Cc1c(-c2ccccc2)cc2cccnc2c1N=CC. The molecule has 1 heterocycles. The molecule has 0 radical (unpaired) electrons. The second-order valence-corrected chi connectivity index (χ2v) is 4.72. The first-order valence-corrected chi connectivity index (χ1v) is 6.93. The van der Waals surface area contributed by atoms with Crippen LogP contribution in [-0.2, 0) is 0 Å². The molecule has 0 saturated carbocycles. The Morgan fingerprint density at radius 3 is 2.62 bits per heavy atom. The van der Waals surface area contributed by atoms with Crippen molar-refractivity contribution in [3.63, 3.8) is 0 Å². The first kappa shape index (κ1) is 13.3. The van der Waals surface area contributed by atoms with Gasteiger partial charge in [0.15, 0.2) is 0 Å². The standard InChI is InChI=1S/C19H16N2/c1-3-16-17(14-9-6-5-7-10-14)13-15-11-8-12-21-18(15)19(16)20-4-2/h3-13H,1H2,2H3. The zero-order valence-corrected chi connectivity index (χ0v) is 12.0. The highest BCUT2D eigenvalue weighted by molar-refractivity contribution is 6.00. The molecule has 3 aromatic rings. The third-order valence-electron chi connectivity index (χ3n) is 3.46. The molecule has 2 nitrogen and oxygen atoms in total. The molecule has 0 aliphatic heterocycles. The van der Waals surface area contributed by atoms with Crippen LogP contribution in [0.2, 0.25) is 0 Å². The predicted molar refractivity (Wildman–Crippen MR) is 91.1 cm³/mol. The minimum absolute atomic E-state index is 0.879. The van der Waals surface area contributed by atoms with Gasteiger partial charge in [-0.3, -0.25) is 9.98 Å². The Kier molecular flexibility index (Phi) is 3.61. The highest BCUT2D eigenvalue weighted by Crippen LogP contribution is 2.37. The van der Waals surface area contributed by atoms with Crippen LogP contribution < -0.4 is 0 Å². The van der Waals surface area contributed by atoms with Crippen molar-refractivity contribution < 1.29 is 0 Å². The highest BCUT2D eigenvalue weighted by atomic mass is 14.8. The van der Waals surface area contributed by atoms with E-state index in [1.54, 1.807) is 12.4 Å². The van der Waals surface area contributed by atoms with Crippen LogP contribution in [0.3, 0.4) is 0 Å². The lowest BCUT2D eigenvalue weighted by atomic mass is 9.95. The lowest BCUT2D eigenvalue weighted by Crippen LogP contribution is -1.89. The Labute approximate surface area is 124 Å². The van der Waals surface area contributed by atoms with Crippen LogP contribution in [-0.4, -0.2) is 11.2 Å². The molecule has 0 fully saturated rings. The van der Waals surface area contributed by atoms with E-state index in [-0.39, 0.29) is 0 Å². The Morgan fingerprint density at radius 1 is 1.10 bits per heavy atom.